The largest absolute Gasteiger partial charge is 0.342 e. The second-order valence-corrected chi connectivity index (χ2v) is 9.23. The highest BCUT2D eigenvalue weighted by Crippen LogP contribution is 2.22. The fraction of sp³-hybridized carbons (Fsp3) is 0.294. The molecule has 0 fully saturated rings. The molecule has 1 aromatic carbocycles. The predicted molar refractivity (Wildman–Crippen MR) is 108 cm³/mol. The summed E-state index contributed by atoms with van der Waals surface area (Å²) in [6, 6.07) is 8.61. The molecule has 0 aliphatic rings. The lowest BCUT2D eigenvalue weighted by atomic mass is 10.2. The van der Waals surface area contributed by atoms with Crippen molar-refractivity contribution in [3.05, 3.63) is 50.7 Å². The fourth-order valence-electron chi connectivity index (χ4n) is 2.18. The molecule has 7 nitrogen and oxygen atoms in total. The molecule has 0 spiro atoms. The van der Waals surface area contributed by atoms with Gasteiger partial charge in [0.15, 0.2) is 0 Å². The number of thiophene rings is 1. The molecule has 0 bridgehead atoms. The topological polar surface area (TPSA) is 104 Å². The maximum atomic E-state index is 12.2. The van der Waals surface area contributed by atoms with E-state index < -0.39 is 10.0 Å². The summed E-state index contributed by atoms with van der Waals surface area (Å²) in [5, 5.41) is 5.82. The SMILES string of the molecule is Cc1c(Cl)cccc1NC(=O)CNC(=O)c1ccc(CCNS(C)(=O)=O)s1. The van der Waals surface area contributed by atoms with E-state index in [2.05, 4.69) is 15.4 Å². The van der Waals surface area contributed by atoms with Crippen LogP contribution < -0.4 is 15.4 Å². The van der Waals surface area contributed by atoms with Crippen LogP contribution in [0.2, 0.25) is 5.02 Å². The second-order valence-electron chi connectivity index (χ2n) is 5.83. The molecule has 0 radical (unpaired) electrons. The third kappa shape index (κ3) is 6.94. The van der Waals surface area contributed by atoms with Crippen LogP contribution in [0.25, 0.3) is 0 Å². The summed E-state index contributed by atoms with van der Waals surface area (Å²) in [7, 11) is -3.23. The first kappa shape index (κ1) is 21.4. The van der Waals surface area contributed by atoms with Crippen molar-refractivity contribution in [1.82, 2.24) is 10.0 Å². The molecule has 0 aliphatic heterocycles. The van der Waals surface area contributed by atoms with Crippen LogP contribution in [0, 0.1) is 6.92 Å². The highest BCUT2D eigenvalue weighted by molar-refractivity contribution is 7.88. The Morgan fingerprint density at radius 1 is 1.19 bits per heavy atom. The van der Waals surface area contributed by atoms with E-state index in [1.807, 2.05) is 0 Å². The van der Waals surface area contributed by atoms with Gasteiger partial charge in [-0.3, -0.25) is 9.59 Å². The van der Waals surface area contributed by atoms with Gasteiger partial charge in [0.1, 0.15) is 0 Å². The van der Waals surface area contributed by atoms with Crippen LogP contribution in [-0.4, -0.2) is 39.6 Å². The predicted octanol–water partition coefficient (Wildman–Crippen LogP) is 2.17. The number of sulfonamides is 1. The van der Waals surface area contributed by atoms with Gasteiger partial charge < -0.3 is 10.6 Å². The van der Waals surface area contributed by atoms with E-state index in [1.165, 1.54) is 11.3 Å². The molecule has 2 amide bonds. The number of hydrogen-bond donors (Lipinski definition) is 3. The molecule has 1 aromatic heterocycles. The molecule has 1 heterocycles. The van der Waals surface area contributed by atoms with Crippen molar-refractivity contribution in [2.24, 2.45) is 0 Å². The summed E-state index contributed by atoms with van der Waals surface area (Å²) in [5.41, 5.74) is 1.35. The van der Waals surface area contributed by atoms with Gasteiger partial charge in [0.05, 0.1) is 17.7 Å². The van der Waals surface area contributed by atoms with Gasteiger partial charge in [-0.2, -0.15) is 0 Å². The van der Waals surface area contributed by atoms with Gasteiger partial charge in [-0.1, -0.05) is 17.7 Å². The maximum absolute atomic E-state index is 12.2. The third-order valence-electron chi connectivity index (χ3n) is 3.57. The maximum Gasteiger partial charge on any atom is 0.261 e. The zero-order chi connectivity index (χ0) is 20.0. The van der Waals surface area contributed by atoms with E-state index in [9.17, 15) is 18.0 Å². The number of rotatable bonds is 8. The first-order valence-electron chi connectivity index (χ1n) is 8.02. The van der Waals surface area contributed by atoms with Crippen molar-refractivity contribution in [3.8, 4) is 0 Å². The highest BCUT2D eigenvalue weighted by atomic mass is 35.5. The van der Waals surface area contributed by atoms with Crippen LogP contribution in [-0.2, 0) is 21.2 Å². The summed E-state index contributed by atoms with van der Waals surface area (Å²) < 4.78 is 24.5. The zero-order valence-electron chi connectivity index (χ0n) is 14.8. The standard InChI is InChI=1S/C17H20ClN3O4S2/c1-11-13(18)4-3-5-14(11)21-16(22)10-19-17(23)15-7-6-12(26-15)8-9-20-27(2,24)25/h3-7,20H,8-10H2,1-2H3,(H,19,23)(H,21,22). The average Bonchev–Trinajstić information content (AvgIpc) is 3.04. The summed E-state index contributed by atoms with van der Waals surface area (Å²) in [5.74, 6) is -0.719. The molecule has 0 unspecified atom stereocenters. The van der Waals surface area contributed by atoms with E-state index in [0.29, 0.717) is 22.0 Å². The third-order valence-corrected chi connectivity index (χ3v) is 5.85. The normalized spacial score (nSPS) is 11.2. The van der Waals surface area contributed by atoms with E-state index in [0.717, 1.165) is 16.7 Å². The Kier molecular flexibility index (Phi) is 7.37. The first-order chi connectivity index (χ1) is 12.7. The lowest BCUT2D eigenvalue weighted by Crippen LogP contribution is -2.32. The van der Waals surface area contributed by atoms with Crippen molar-refractivity contribution in [1.29, 1.82) is 0 Å². The average molecular weight is 430 g/mol. The van der Waals surface area contributed by atoms with Gasteiger partial charge in [-0.25, -0.2) is 13.1 Å². The number of nitrogens with one attached hydrogen (secondary N) is 3. The number of halogens is 1. The number of amides is 2. The Hall–Kier alpha value is -1.94. The Bertz CT molecular complexity index is 941. The molecule has 10 heteroatoms. The van der Waals surface area contributed by atoms with Gasteiger partial charge in [0, 0.05) is 22.1 Å². The van der Waals surface area contributed by atoms with Crippen LogP contribution in [0.15, 0.2) is 30.3 Å². The van der Waals surface area contributed by atoms with E-state index >= 15 is 0 Å². The van der Waals surface area contributed by atoms with Crippen molar-refractivity contribution in [3.63, 3.8) is 0 Å². The van der Waals surface area contributed by atoms with Crippen molar-refractivity contribution in [2.45, 2.75) is 13.3 Å². The first-order valence-corrected chi connectivity index (χ1v) is 11.1. The quantitative estimate of drug-likeness (QED) is 0.598. The highest BCUT2D eigenvalue weighted by Gasteiger charge is 2.12. The summed E-state index contributed by atoms with van der Waals surface area (Å²) in [6.45, 7) is 1.89. The van der Waals surface area contributed by atoms with Crippen LogP contribution in [0.1, 0.15) is 20.1 Å². The minimum Gasteiger partial charge on any atom is -0.342 e. The van der Waals surface area contributed by atoms with Crippen LogP contribution >= 0.6 is 22.9 Å². The molecular formula is C17H20ClN3O4S2. The number of hydrogen-bond acceptors (Lipinski definition) is 5. The van der Waals surface area contributed by atoms with Crippen LogP contribution in [0.3, 0.4) is 0 Å². The lowest BCUT2D eigenvalue weighted by molar-refractivity contribution is -0.115. The molecular weight excluding hydrogens is 410 g/mol. The number of carbonyl (C=O) groups is 2. The van der Waals surface area contributed by atoms with Gasteiger partial charge in [0.2, 0.25) is 15.9 Å². The zero-order valence-corrected chi connectivity index (χ0v) is 17.2. The molecule has 146 valence electrons. The number of carbonyl (C=O) groups excluding carboxylic acids is 2. The molecule has 2 rings (SSSR count). The molecule has 3 N–H and O–H groups in total. The summed E-state index contributed by atoms with van der Waals surface area (Å²) in [6.07, 6.45) is 1.58. The lowest BCUT2D eigenvalue weighted by Gasteiger charge is -2.09. The van der Waals surface area contributed by atoms with Crippen molar-refractivity contribution >= 4 is 50.5 Å². The van der Waals surface area contributed by atoms with Crippen molar-refractivity contribution in [2.75, 3.05) is 24.7 Å². The van der Waals surface area contributed by atoms with E-state index in [4.69, 9.17) is 11.6 Å². The monoisotopic (exact) mass is 429 g/mol. The van der Waals surface area contributed by atoms with Crippen LogP contribution in [0.5, 0.6) is 0 Å². The Morgan fingerprint density at radius 3 is 2.63 bits per heavy atom. The minimum atomic E-state index is -3.23. The fourth-order valence-corrected chi connectivity index (χ4v) is 3.75. The minimum absolute atomic E-state index is 0.173. The summed E-state index contributed by atoms with van der Waals surface area (Å²) in [4.78, 5) is 25.5. The summed E-state index contributed by atoms with van der Waals surface area (Å²) >= 11 is 7.27. The Labute approximate surface area is 167 Å². The van der Waals surface area contributed by atoms with E-state index in [-0.39, 0.29) is 24.9 Å². The smallest absolute Gasteiger partial charge is 0.261 e. The Balaban J connectivity index is 1.83. The number of benzene rings is 1. The molecule has 0 aliphatic carbocycles. The van der Waals surface area contributed by atoms with Crippen molar-refractivity contribution < 1.29 is 18.0 Å². The van der Waals surface area contributed by atoms with Gasteiger partial charge in [0.25, 0.3) is 5.91 Å². The van der Waals surface area contributed by atoms with E-state index in [1.54, 1.807) is 37.3 Å². The van der Waals surface area contributed by atoms with Crippen LogP contribution in [0.4, 0.5) is 5.69 Å². The molecule has 0 saturated heterocycles. The number of anilines is 1. The molecule has 27 heavy (non-hydrogen) atoms. The van der Waals surface area contributed by atoms with Gasteiger partial charge in [-0.15, -0.1) is 11.3 Å². The molecule has 0 saturated carbocycles. The van der Waals surface area contributed by atoms with Gasteiger partial charge in [-0.05, 0) is 43.2 Å². The van der Waals surface area contributed by atoms with Gasteiger partial charge >= 0.3 is 0 Å². The molecule has 0 atom stereocenters. The second kappa shape index (κ2) is 9.32. The Morgan fingerprint density at radius 2 is 1.93 bits per heavy atom. The molecule has 2 aromatic rings.